The molecule has 0 radical (unpaired) electrons. The highest BCUT2D eigenvalue weighted by atomic mass is 16.2. The van der Waals surface area contributed by atoms with Gasteiger partial charge in [0.1, 0.15) is 0 Å². The van der Waals surface area contributed by atoms with Gasteiger partial charge in [-0.3, -0.25) is 4.79 Å². The van der Waals surface area contributed by atoms with E-state index < -0.39 is 0 Å². The predicted octanol–water partition coefficient (Wildman–Crippen LogP) is 1.16. The van der Waals surface area contributed by atoms with Crippen LogP contribution in [0.3, 0.4) is 0 Å². The molecule has 1 aliphatic heterocycles. The van der Waals surface area contributed by atoms with Crippen molar-refractivity contribution in [3.05, 3.63) is 29.8 Å². The van der Waals surface area contributed by atoms with Crippen molar-refractivity contribution in [3.63, 3.8) is 0 Å². The summed E-state index contributed by atoms with van der Waals surface area (Å²) in [4.78, 5) is 13.9. The quantitative estimate of drug-likeness (QED) is 0.836. The van der Waals surface area contributed by atoms with Gasteiger partial charge in [0.05, 0.1) is 6.04 Å². The Bertz CT molecular complexity index is 408. The van der Waals surface area contributed by atoms with Gasteiger partial charge < -0.3 is 15.5 Å². The summed E-state index contributed by atoms with van der Waals surface area (Å²) in [5, 5.41) is 6.21. The molecule has 0 saturated carbocycles. The Morgan fingerprint density at radius 3 is 2.68 bits per heavy atom. The Balaban J connectivity index is 1.74. The lowest BCUT2D eigenvalue weighted by Crippen LogP contribution is -2.41. The number of benzene rings is 1. The highest BCUT2D eigenvalue weighted by Crippen LogP contribution is 2.12. The van der Waals surface area contributed by atoms with Crippen molar-refractivity contribution in [1.82, 2.24) is 10.6 Å². The summed E-state index contributed by atoms with van der Waals surface area (Å²) < 4.78 is 0. The fourth-order valence-corrected chi connectivity index (χ4v) is 2.32. The number of hydrogen-bond acceptors (Lipinski definition) is 3. The van der Waals surface area contributed by atoms with Crippen molar-refractivity contribution >= 4 is 11.6 Å². The van der Waals surface area contributed by atoms with Gasteiger partial charge >= 0.3 is 0 Å². The molecule has 4 nitrogen and oxygen atoms in total. The zero-order valence-electron chi connectivity index (χ0n) is 11.8. The smallest absolute Gasteiger partial charge is 0.237 e. The zero-order valence-corrected chi connectivity index (χ0v) is 11.8. The lowest BCUT2D eigenvalue weighted by atomic mass is 10.1. The van der Waals surface area contributed by atoms with E-state index in [2.05, 4.69) is 39.8 Å². The number of amides is 1. The average Bonchev–Trinajstić information content (AvgIpc) is 2.93. The Morgan fingerprint density at radius 1 is 1.37 bits per heavy atom. The summed E-state index contributed by atoms with van der Waals surface area (Å²) in [6, 6.07) is 8.48. The fourth-order valence-electron chi connectivity index (χ4n) is 2.32. The molecule has 1 aromatic rings. The first-order chi connectivity index (χ1) is 9.16. The first kappa shape index (κ1) is 13.9. The van der Waals surface area contributed by atoms with Gasteiger partial charge in [-0.25, -0.2) is 0 Å². The number of carbonyl (C=O) groups excluding carboxylic acids is 1. The van der Waals surface area contributed by atoms with Crippen molar-refractivity contribution < 1.29 is 4.79 Å². The topological polar surface area (TPSA) is 44.4 Å². The van der Waals surface area contributed by atoms with Crippen LogP contribution in [0.1, 0.15) is 18.4 Å². The van der Waals surface area contributed by atoms with Crippen molar-refractivity contribution in [1.29, 1.82) is 0 Å². The third-order valence-electron chi connectivity index (χ3n) is 3.54. The molecule has 0 aromatic heterocycles. The van der Waals surface area contributed by atoms with E-state index in [9.17, 15) is 4.79 Å². The van der Waals surface area contributed by atoms with E-state index >= 15 is 0 Å². The Hall–Kier alpha value is -1.55. The van der Waals surface area contributed by atoms with Crippen LogP contribution < -0.4 is 15.5 Å². The molecular weight excluding hydrogens is 238 g/mol. The maximum absolute atomic E-state index is 11.8. The van der Waals surface area contributed by atoms with Crippen LogP contribution in [0, 0.1) is 0 Å². The van der Waals surface area contributed by atoms with Crippen molar-refractivity contribution in [2.24, 2.45) is 0 Å². The van der Waals surface area contributed by atoms with Crippen molar-refractivity contribution in [3.8, 4) is 0 Å². The molecule has 2 rings (SSSR count). The van der Waals surface area contributed by atoms with Crippen LogP contribution in [0.15, 0.2) is 24.3 Å². The molecule has 19 heavy (non-hydrogen) atoms. The number of anilines is 1. The van der Waals surface area contributed by atoms with Gasteiger partial charge in [-0.2, -0.15) is 0 Å². The predicted molar refractivity (Wildman–Crippen MR) is 78.5 cm³/mol. The van der Waals surface area contributed by atoms with Crippen molar-refractivity contribution in [2.75, 3.05) is 32.1 Å². The fraction of sp³-hybridized carbons (Fsp3) is 0.533. The minimum absolute atomic E-state index is 0.0242. The number of rotatable bonds is 5. The molecule has 0 spiro atoms. The third kappa shape index (κ3) is 3.96. The molecular formula is C15H23N3O. The second-order valence-electron chi connectivity index (χ2n) is 5.25. The first-order valence-electron chi connectivity index (χ1n) is 6.94. The normalized spacial score (nSPS) is 18.3. The average molecular weight is 261 g/mol. The zero-order chi connectivity index (χ0) is 13.7. The molecule has 1 heterocycles. The molecule has 0 aliphatic carbocycles. The van der Waals surface area contributed by atoms with Crippen LogP contribution >= 0.6 is 0 Å². The molecule has 2 N–H and O–H groups in total. The maximum atomic E-state index is 11.8. The van der Waals surface area contributed by atoms with Gasteiger partial charge in [-0.05, 0) is 43.5 Å². The van der Waals surface area contributed by atoms with E-state index in [1.165, 1.54) is 11.3 Å². The van der Waals surface area contributed by atoms with Gasteiger partial charge in [0, 0.05) is 26.3 Å². The van der Waals surface area contributed by atoms with E-state index in [0.717, 1.165) is 25.8 Å². The highest BCUT2D eigenvalue weighted by Gasteiger charge is 2.21. The van der Waals surface area contributed by atoms with Crippen LogP contribution in [0.2, 0.25) is 0 Å². The van der Waals surface area contributed by atoms with E-state index in [1.54, 1.807) is 0 Å². The molecule has 1 saturated heterocycles. The summed E-state index contributed by atoms with van der Waals surface area (Å²) in [5.74, 6) is 0.141. The summed E-state index contributed by atoms with van der Waals surface area (Å²) in [6.07, 6.45) is 2.94. The van der Waals surface area contributed by atoms with Gasteiger partial charge in [-0.1, -0.05) is 12.1 Å². The van der Waals surface area contributed by atoms with Gasteiger partial charge in [0.2, 0.25) is 5.91 Å². The molecule has 0 bridgehead atoms. The molecule has 1 atom stereocenters. The van der Waals surface area contributed by atoms with Crippen LogP contribution in [0.4, 0.5) is 5.69 Å². The van der Waals surface area contributed by atoms with E-state index in [4.69, 9.17) is 0 Å². The molecule has 4 heteroatoms. The minimum atomic E-state index is 0.0242. The number of carbonyl (C=O) groups is 1. The molecule has 1 aromatic carbocycles. The lowest BCUT2D eigenvalue weighted by Gasteiger charge is -2.13. The second-order valence-corrected chi connectivity index (χ2v) is 5.25. The summed E-state index contributed by atoms with van der Waals surface area (Å²) in [6.45, 7) is 1.67. The van der Waals surface area contributed by atoms with E-state index in [0.29, 0.717) is 6.54 Å². The van der Waals surface area contributed by atoms with Gasteiger partial charge in [0.15, 0.2) is 0 Å². The van der Waals surface area contributed by atoms with E-state index in [1.807, 2.05) is 14.1 Å². The minimum Gasteiger partial charge on any atom is -0.378 e. The highest BCUT2D eigenvalue weighted by molar-refractivity contribution is 5.81. The SMILES string of the molecule is CN(C)c1ccc(CCNC(=O)[C@H]2CCCN2)cc1. The first-order valence-corrected chi connectivity index (χ1v) is 6.94. The number of nitrogens with zero attached hydrogens (tertiary/aromatic N) is 1. The summed E-state index contributed by atoms with van der Waals surface area (Å²) in [5.41, 5.74) is 2.45. The summed E-state index contributed by atoms with van der Waals surface area (Å²) in [7, 11) is 4.06. The van der Waals surface area contributed by atoms with Crippen LogP contribution in [-0.2, 0) is 11.2 Å². The molecule has 1 fully saturated rings. The molecule has 1 amide bonds. The van der Waals surface area contributed by atoms with Crippen LogP contribution in [0.5, 0.6) is 0 Å². The van der Waals surface area contributed by atoms with E-state index in [-0.39, 0.29) is 11.9 Å². The Kier molecular flexibility index (Phi) is 4.80. The number of hydrogen-bond donors (Lipinski definition) is 2. The monoisotopic (exact) mass is 261 g/mol. The molecule has 0 unspecified atom stereocenters. The third-order valence-corrected chi connectivity index (χ3v) is 3.54. The Morgan fingerprint density at radius 2 is 2.11 bits per heavy atom. The number of nitrogens with one attached hydrogen (secondary N) is 2. The molecule has 1 aliphatic rings. The maximum Gasteiger partial charge on any atom is 0.237 e. The summed E-state index contributed by atoms with van der Waals surface area (Å²) >= 11 is 0. The largest absolute Gasteiger partial charge is 0.378 e. The van der Waals surface area contributed by atoms with Crippen molar-refractivity contribution in [2.45, 2.75) is 25.3 Å². The Labute approximate surface area is 115 Å². The second kappa shape index (κ2) is 6.57. The van der Waals surface area contributed by atoms with Gasteiger partial charge in [0.25, 0.3) is 0 Å². The molecule has 104 valence electrons. The van der Waals surface area contributed by atoms with Crippen LogP contribution in [-0.4, -0.2) is 39.1 Å². The lowest BCUT2D eigenvalue weighted by molar-refractivity contribution is -0.122. The van der Waals surface area contributed by atoms with Crippen LogP contribution in [0.25, 0.3) is 0 Å². The standard InChI is InChI=1S/C15H23N3O/c1-18(2)13-7-5-12(6-8-13)9-11-17-15(19)14-4-3-10-16-14/h5-8,14,16H,3-4,9-11H2,1-2H3,(H,17,19)/t14-/m1/s1. The van der Waals surface area contributed by atoms with Gasteiger partial charge in [-0.15, -0.1) is 0 Å².